The Kier molecular flexibility index (Phi) is 9.65. The first-order valence-corrected chi connectivity index (χ1v) is 12.1. The largest absolute Gasteiger partial charge is 0.416 e. The second kappa shape index (κ2) is 12.7. The summed E-state index contributed by atoms with van der Waals surface area (Å²) in [6.07, 6.45) is -2.87. The van der Waals surface area contributed by atoms with Crippen molar-refractivity contribution in [3.8, 4) is 0 Å². The number of hydrogen-bond donors (Lipinski definition) is 4. The highest BCUT2D eigenvalue weighted by Gasteiger charge is 2.31. The van der Waals surface area contributed by atoms with Gasteiger partial charge in [-0.3, -0.25) is 14.4 Å². The number of anilines is 1. The zero-order chi connectivity index (χ0) is 27.0. The molecule has 1 saturated heterocycles. The molecule has 0 spiro atoms. The quantitative estimate of drug-likeness (QED) is 0.404. The fourth-order valence-electron chi connectivity index (χ4n) is 4.06. The maximum atomic E-state index is 13.1. The second-order valence-corrected chi connectivity index (χ2v) is 9.18. The van der Waals surface area contributed by atoms with E-state index in [2.05, 4.69) is 10.6 Å². The number of halogens is 3. The van der Waals surface area contributed by atoms with Gasteiger partial charge in [0.2, 0.25) is 17.7 Å². The molecular formula is C26H32F3N5O3. The summed E-state index contributed by atoms with van der Waals surface area (Å²) < 4.78 is 39.2. The minimum absolute atomic E-state index is 0.0433. The van der Waals surface area contributed by atoms with Gasteiger partial charge in [0, 0.05) is 24.8 Å². The molecular weight excluding hydrogens is 487 g/mol. The summed E-state index contributed by atoms with van der Waals surface area (Å²) in [5, 5.41) is 5.03. The monoisotopic (exact) mass is 519 g/mol. The van der Waals surface area contributed by atoms with E-state index in [0.717, 1.165) is 17.7 Å². The van der Waals surface area contributed by atoms with Crippen molar-refractivity contribution in [1.82, 2.24) is 10.2 Å². The fourth-order valence-corrected chi connectivity index (χ4v) is 4.06. The summed E-state index contributed by atoms with van der Waals surface area (Å²) in [7, 11) is 0. The molecule has 0 aromatic heterocycles. The Morgan fingerprint density at radius 3 is 2.32 bits per heavy atom. The van der Waals surface area contributed by atoms with Gasteiger partial charge in [0.1, 0.15) is 6.04 Å². The number of amides is 3. The SMILES string of the molecule is NC1CCN(C(=O)CC(N)C(=O)NC(CCc2ccccc2)C(=O)Nc2cccc(C(F)(F)F)c2)CC1. The van der Waals surface area contributed by atoms with Gasteiger partial charge in [-0.15, -0.1) is 0 Å². The number of alkyl halides is 3. The van der Waals surface area contributed by atoms with Crippen LogP contribution < -0.4 is 22.1 Å². The van der Waals surface area contributed by atoms with E-state index in [1.165, 1.54) is 12.1 Å². The summed E-state index contributed by atoms with van der Waals surface area (Å²) in [5.41, 5.74) is 11.8. The Bertz CT molecular complexity index is 1070. The van der Waals surface area contributed by atoms with Gasteiger partial charge in [0.05, 0.1) is 18.0 Å². The smallest absolute Gasteiger partial charge is 0.343 e. The van der Waals surface area contributed by atoms with Crippen molar-refractivity contribution in [3.63, 3.8) is 0 Å². The molecule has 1 aliphatic rings. The number of likely N-dealkylation sites (tertiary alicyclic amines) is 1. The number of nitrogens with two attached hydrogens (primary N) is 2. The van der Waals surface area contributed by atoms with Crippen molar-refractivity contribution in [3.05, 3.63) is 65.7 Å². The Balaban J connectivity index is 1.66. The molecule has 2 atom stereocenters. The van der Waals surface area contributed by atoms with Crippen LogP contribution in [0.5, 0.6) is 0 Å². The molecule has 0 saturated carbocycles. The summed E-state index contributed by atoms with van der Waals surface area (Å²) in [5.74, 6) is -1.66. The molecule has 0 aliphatic carbocycles. The predicted molar refractivity (Wildman–Crippen MR) is 133 cm³/mol. The van der Waals surface area contributed by atoms with Crippen molar-refractivity contribution >= 4 is 23.4 Å². The molecule has 2 aromatic carbocycles. The molecule has 11 heteroatoms. The van der Waals surface area contributed by atoms with E-state index in [0.29, 0.717) is 32.4 Å². The number of hydrogen-bond acceptors (Lipinski definition) is 5. The summed E-state index contributed by atoms with van der Waals surface area (Å²) >= 11 is 0. The Labute approximate surface area is 213 Å². The maximum Gasteiger partial charge on any atom is 0.416 e. The first kappa shape index (κ1) is 28.1. The van der Waals surface area contributed by atoms with E-state index in [9.17, 15) is 27.6 Å². The van der Waals surface area contributed by atoms with Gasteiger partial charge in [-0.1, -0.05) is 36.4 Å². The number of nitrogens with zero attached hydrogens (tertiary/aromatic N) is 1. The van der Waals surface area contributed by atoms with Gasteiger partial charge in [-0.05, 0) is 49.4 Å². The molecule has 1 heterocycles. The molecule has 2 aromatic rings. The van der Waals surface area contributed by atoms with E-state index in [1.54, 1.807) is 4.90 Å². The van der Waals surface area contributed by atoms with Crippen LogP contribution in [0.4, 0.5) is 18.9 Å². The molecule has 1 aliphatic heterocycles. The van der Waals surface area contributed by atoms with Crippen LogP contribution in [0, 0.1) is 0 Å². The van der Waals surface area contributed by atoms with Gasteiger partial charge >= 0.3 is 6.18 Å². The van der Waals surface area contributed by atoms with Gasteiger partial charge in [0.15, 0.2) is 0 Å². The Hall–Kier alpha value is -3.44. The normalized spacial score (nSPS) is 16.1. The highest BCUT2D eigenvalue weighted by Crippen LogP contribution is 2.30. The zero-order valence-electron chi connectivity index (χ0n) is 20.3. The van der Waals surface area contributed by atoms with Crippen LogP contribution in [0.3, 0.4) is 0 Å². The Morgan fingerprint density at radius 2 is 1.68 bits per heavy atom. The highest BCUT2D eigenvalue weighted by atomic mass is 19.4. The lowest BCUT2D eigenvalue weighted by atomic mass is 10.0. The topological polar surface area (TPSA) is 131 Å². The predicted octanol–water partition coefficient (Wildman–Crippen LogP) is 2.43. The number of carbonyl (C=O) groups excluding carboxylic acids is 3. The number of aryl methyl sites for hydroxylation is 1. The molecule has 200 valence electrons. The minimum Gasteiger partial charge on any atom is -0.343 e. The third kappa shape index (κ3) is 8.57. The highest BCUT2D eigenvalue weighted by molar-refractivity contribution is 5.98. The standard InChI is InChI=1S/C26H32F3N5O3/c27-26(28,29)18-7-4-8-20(15-18)32-25(37)22(10-9-17-5-2-1-3-6-17)33-24(36)21(31)16-23(35)34-13-11-19(30)12-14-34/h1-8,15,19,21-22H,9-14,16,30-31H2,(H,32,37)(H,33,36). The van der Waals surface area contributed by atoms with Gasteiger partial charge in [-0.25, -0.2) is 0 Å². The van der Waals surface area contributed by atoms with E-state index in [1.807, 2.05) is 30.3 Å². The van der Waals surface area contributed by atoms with Crippen molar-refractivity contribution in [2.24, 2.45) is 11.5 Å². The summed E-state index contributed by atoms with van der Waals surface area (Å²) in [6.45, 7) is 0.987. The van der Waals surface area contributed by atoms with Crippen LogP contribution in [0.2, 0.25) is 0 Å². The number of rotatable bonds is 9. The van der Waals surface area contributed by atoms with Crippen LogP contribution in [0.25, 0.3) is 0 Å². The molecule has 2 unspecified atom stereocenters. The number of carbonyl (C=O) groups is 3. The van der Waals surface area contributed by atoms with Gasteiger partial charge < -0.3 is 27.0 Å². The third-order valence-electron chi connectivity index (χ3n) is 6.28. The lowest BCUT2D eigenvalue weighted by Crippen LogP contribution is -2.52. The number of benzene rings is 2. The zero-order valence-corrected chi connectivity index (χ0v) is 20.3. The van der Waals surface area contributed by atoms with Gasteiger partial charge in [-0.2, -0.15) is 13.2 Å². The van der Waals surface area contributed by atoms with Crippen LogP contribution >= 0.6 is 0 Å². The maximum absolute atomic E-state index is 13.1. The van der Waals surface area contributed by atoms with E-state index >= 15 is 0 Å². The number of piperidine rings is 1. The molecule has 8 nitrogen and oxygen atoms in total. The third-order valence-corrected chi connectivity index (χ3v) is 6.28. The van der Waals surface area contributed by atoms with Gasteiger partial charge in [0.25, 0.3) is 0 Å². The molecule has 1 fully saturated rings. The fraction of sp³-hybridized carbons (Fsp3) is 0.423. The summed E-state index contributed by atoms with van der Waals surface area (Å²) in [6, 6.07) is 11.2. The average Bonchev–Trinajstić information content (AvgIpc) is 2.87. The van der Waals surface area contributed by atoms with E-state index < -0.39 is 35.6 Å². The van der Waals surface area contributed by atoms with Crippen molar-refractivity contribution in [2.75, 3.05) is 18.4 Å². The van der Waals surface area contributed by atoms with Crippen LogP contribution in [-0.4, -0.2) is 53.8 Å². The van der Waals surface area contributed by atoms with Crippen LogP contribution in [0.15, 0.2) is 54.6 Å². The lowest BCUT2D eigenvalue weighted by Gasteiger charge is -2.31. The first-order chi connectivity index (χ1) is 17.5. The molecule has 6 N–H and O–H groups in total. The molecule has 0 radical (unpaired) electrons. The number of nitrogens with one attached hydrogen (secondary N) is 2. The molecule has 3 amide bonds. The van der Waals surface area contributed by atoms with E-state index in [-0.39, 0.29) is 30.5 Å². The minimum atomic E-state index is -4.57. The second-order valence-electron chi connectivity index (χ2n) is 9.18. The molecule has 3 rings (SSSR count). The molecule has 0 bridgehead atoms. The van der Waals surface area contributed by atoms with Crippen LogP contribution in [-0.2, 0) is 27.0 Å². The van der Waals surface area contributed by atoms with Crippen molar-refractivity contribution < 1.29 is 27.6 Å². The van der Waals surface area contributed by atoms with E-state index in [4.69, 9.17) is 11.5 Å². The average molecular weight is 520 g/mol. The lowest BCUT2D eigenvalue weighted by molar-refractivity contribution is -0.137. The molecule has 37 heavy (non-hydrogen) atoms. The first-order valence-electron chi connectivity index (χ1n) is 12.1. The van der Waals surface area contributed by atoms with Crippen LogP contribution in [0.1, 0.15) is 36.8 Å². The van der Waals surface area contributed by atoms with Crippen molar-refractivity contribution in [2.45, 2.75) is 56.4 Å². The Morgan fingerprint density at radius 1 is 1.00 bits per heavy atom. The summed E-state index contributed by atoms with van der Waals surface area (Å²) in [4.78, 5) is 40.0. The van der Waals surface area contributed by atoms with Crippen molar-refractivity contribution in [1.29, 1.82) is 0 Å².